The number of nitrogens with zero attached hydrogens (tertiary/aromatic N) is 5. The van der Waals surface area contributed by atoms with E-state index in [-0.39, 0.29) is 11.8 Å². The number of pyridine rings is 1. The van der Waals surface area contributed by atoms with Gasteiger partial charge in [-0.1, -0.05) is 0 Å². The summed E-state index contributed by atoms with van der Waals surface area (Å²) >= 11 is 0. The van der Waals surface area contributed by atoms with Crippen molar-refractivity contribution in [1.82, 2.24) is 23.7 Å². The highest BCUT2D eigenvalue weighted by Crippen LogP contribution is 2.28. The van der Waals surface area contributed by atoms with Gasteiger partial charge in [-0.2, -0.15) is 0 Å². The maximum Gasteiger partial charge on any atom is 0.255 e. The second-order valence-electron chi connectivity index (χ2n) is 8.79. The van der Waals surface area contributed by atoms with Gasteiger partial charge in [0.05, 0.1) is 11.8 Å². The Morgan fingerprint density at radius 1 is 1.13 bits per heavy atom. The molecule has 2 aromatic heterocycles. The molecule has 8 nitrogen and oxygen atoms in total. The van der Waals surface area contributed by atoms with Crippen LogP contribution in [0.25, 0.3) is 0 Å². The molecule has 2 saturated heterocycles. The Hall–Kier alpha value is -2.26. The van der Waals surface area contributed by atoms with Crippen LogP contribution in [-0.2, 0) is 16.6 Å². The predicted octanol–water partition coefficient (Wildman–Crippen LogP) is 2.28. The van der Waals surface area contributed by atoms with Gasteiger partial charge < -0.3 is 9.47 Å². The zero-order chi connectivity index (χ0) is 22.0. The van der Waals surface area contributed by atoms with Gasteiger partial charge in [0.1, 0.15) is 5.82 Å². The molecule has 2 aliphatic heterocycles. The van der Waals surface area contributed by atoms with Crippen LogP contribution in [0.3, 0.4) is 0 Å². The number of piperidine rings is 2. The second-order valence-corrected chi connectivity index (χ2v) is 10.8. The van der Waals surface area contributed by atoms with Crippen LogP contribution >= 0.6 is 0 Å². The standard InChI is InChI=1S/C22H31N5O3S/c1-17-23-9-13-25(17)15-18-4-3-10-26(16-18)22(28)20-5-6-21(24-14-20)19-7-11-27(12-8-19)31(2,29)30/h5-6,9,13-14,18-19H,3-4,7-8,10-12,15-16H2,1-2H3. The summed E-state index contributed by atoms with van der Waals surface area (Å²) in [7, 11) is -3.13. The fourth-order valence-corrected chi connectivity index (χ4v) is 5.59. The number of rotatable bonds is 5. The molecule has 1 atom stereocenters. The molecule has 31 heavy (non-hydrogen) atoms. The van der Waals surface area contributed by atoms with Crippen molar-refractivity contribution < 1.29 is 13.2 Å². The van der Waals surface area contributed by atoms with Crippen molar-refractivity contribution in [3.63, 3.8) is 0 Å². The lowest BCUT2D eigenvalue weighted by atomic mass is 9.93. The Morgan fingerprint density at radius 2 is 1.90 bits per heavy atom. The molecule has 0 N–H and O–H groups in total. The number of carbonyl (C=O) groups is 1. The number of likely N-dealkylation sites (tertiary alicyclic amines) is 1. The lowest BCUT2D eigenvalue weighted by Gasteiger charge is -2.33. The number of sulfonamides is 1. The van der Waals surface area contributed by atoms with Crippen LogP contribution < -0.4 is 0 Å². The molecule has 0 aliphatic carbocycles. The number of aryl methyl sites for hydroxylation is 1. The van der Waals surface area contributed by atoms with E-state index in [0.717, 1.165) is 56.8 Å². The average Bonchev–Trinajstić information content (AvgIpc) is 3.17. The third kappa shape index (κ3) is 5.15. The highest BCUT2D eigenvalue weighted by molar-refractivity contribution is 7.88. The van der Waals surface area contributed by atoms with Crippen LogP contribution in [0.2, 0.25) is 0 Å². The van der Waals surface area contributed by atoms with Crippen molar-refractivity contribution >= 4 is 15.9 Å². The Morgan fingerprint density at radius 3 is 2.52 bits per heavy atom. The molecular formula is C22H31N5O3S. The SMILES string of the molecule is Cc1nccn1CC1CCCN(C(=O)c2ccc(C3CCN(S(C)(=O)=O)CC3)nc2)C1. The number of amides is 1. The van der Waals surface area contributed by atoms with Crippen LogP contribution in [0.4, 0.5) is 0 Å². The quantitative estimate of drug-likeness (QED) is 0.705. The van der Waals surface area contributed by atoms with E-state index in [0.29, 0.717) is 24.6 Å². The van der Waals surface area contributed by atoms with E-state index >= 15 is 0 Å². The van der Waals surface area contributed by atoms with Crippen molar-refractivity contribution in [3.8, 4) is 0 Å². The Balaban J connectivity index is 1.35. The lowest BCUT2D eigenvalue weighted by molar-refractivity contribution is 0.0661. The molecule has 0 aromatic carbocycles. The minimum Gasteiger partial charge on any atom is -0.338 e. The largest absolute Gasteiger partial charge is 0.338 e. The van der Waals surface area contributed by atoms with Crippen LogP contribution in [0.15, 0.2) is 30.7 Å². The van der Waals surface area contributed by atoms with Gasteiger partial charge in [0, 0.05) is 62.9 Å². The molecule has 1 unspecified atom stereocenters. The summed E-state index contributed by atoms with van der Waals surface area (Å²) in [6, 6.07) is 3.81. The zero-order valence-corrected chi connectivity index (χ0v) is 19.1. The number of hydrogen-bond donors (Lipinski definition) is 0. The van der Waals surface area contributed by atoms with E-state index in [2.05, 4.69) is 14.5 Å². The molecular weight excluding hydrogens is 414 g/mol. The third-order valence-corrected chi connectivity index (χ3v) is 7.86. The minimum atomic E-state index is -3.13. The molecule has 168 valence electrons. The topological polar surface area (TPSA) is 88.4 Å². The summed E-state index contributed by atoms with van der Waals surface area (Å²) in [6.45, 7) is 5.48. The number of aromatic nitrogens is 3. The monoisotopic (exact) mass is 445 g/mol. The van der Waals surface area contributed by atoms with E-state index < -0.39 is 10.0 Å². The van der Waals surface area contributed by atoms with E-state index in [4.69, 9.17) is 0 Å². The molecule has 2 aromatic rings. The van der Waals surface area contributed by atoms with Crippen molar-refractivity contribution in [2.45, 2.75) is 45.1 Å². The van der Waals surface area contributed by atoms with E-state index in [1.54, 1.807) is 6.20 Å². The van der Waals surface area contributed by atoms with Crippen LogP contribution in [-0.4, -0.2) is 70.5 Å². The molecule has 0 bridgehead atoms. The lowest BCUT2D eigenvalue weighted by Crippen LogP contribution is -2.41. The average molecular weight is 446 g/mol. The van der Waals surface area contributed by atoms with Crippen molar-refractivity contribution in [1.29, 1.82) is 0 Å². The molecule has 2 fully saturated rings. The highest BCUT2D eigenvalue weighted by atomic mass is 32.2. The fraction of sp³-hybridized carbons (Fsp3) is 0.591. The molecule has 0 saturated carbocycles. The number of hydrogen-bond acceptors (Lipinski definition) is 5. The van der Waals surface area contributed by atoms with Gasteiger partial charge >= 0.3 is 0 Å². The van der Waals surface area contributed by atoms with Gasteiger partial charge in [0.25, 0.3) is 5.91 Å². The molecule has 1 amide bonds. The molecule has 2 aliphatic rings. The zero-order valence-electron chi connectivity index (χ0n) is 18.3. The first-order chi connectivity index (χ1) is 14.8. The Kier molecular flexibility index (Phi) is 6.43. The fourth-order valence-electron chi connectivity index (χ4n) is 4.71. The van der Waals surface area contributed by atoms with Gasteiger partial charge in [-0.05, 0) is 50.7 Å². The summed E-state index contributed by atoms with van der Waals surface area (Å²) in [5.41, 5.74) is 1.56. The summed E-state index contributed by atoms with van der Waals surface area (Å²) in [4.78, 5) is 23.9. The number of carbonyl (C=O) groups excluding carboxylic acids is 1. The van der Waals surface area contributed by atoms with Crippen LogP contribution in [0.1, 0.15) is 53.5 Å². The molecule has 0 spiro atoms. The summed E-state index contributed by atoms with van der Waals surface area (Å²) in [5, 5.41) is 0. The highest BCUT2D eigenvalue weighted by Gasteiger charge is 2.28. The number of imidazole rings is 1. The molecule has 0 radical (unpaired) electrons. The van der Waals surface area contributed by atoms with Gasteiger partial charge in [-0.15, -0.1) is 0 Å². The minimum absolute atomic E-state index is 0.0398. The van der Waals surface area contributed by atoms with Gasteiger partial charge in [-0.3, -0.25) is 9.78 Å². The molecule has 4 heterocycles. The Labute approximate surface area is 184 Å². The predicted molar refractivity (Wildman–Crippen MR) is 118 cm³/mol. The van der Waals surface area contributed by atoms with E-state index in [1.807, 2.05) is 36.4 Å². The third-order valence-electron chi connectivity index (χ3n) is 6.56. The summed E-state index contributed by atoms with van der Waals surface area (Å²) in [6.07, 6.45) is 10.4. The van der Waals surface area contributed by atoms with Gasteiger partial charge in [-0.25, -0.2) is 17.7 Å². The van der Waals surface area contributed by atoms with Gasteiger partial charge in [0.2, 0.25) is 10.0 Å². The van der Waals surface area contributed by atoms with Crippen molar-refractivity contribution in [2.75, 3.05) is 32.4 Å². The normalized spacial score (nSPS) is 21.4. The first-order valence-corrected chi connectivity index (χ1v) is 12.8. The van der Waals surface area contributed by atoms with Crippen molar-refractivity contribution in [3.05, 3.63) is 47.8 Å². The second kappa shape index (κ2) is 9.08. The van der Waals surface area contributed by atoms with Crippen LogP contribution in [0.5, 0.6) is 0 Å². The summed E-state index contributed by atoms with van der Waals surface area (Å²) < 4.78 is 27.1. The summed E-state index contributed by atoms with van der Waals surface area (Å²) in [5.74, 6) is 1.71. The maximum atomic E-state index is 13.0. The molecule has 4 rings (SSSR count). The Bertz CT molecular complexity index is 1010. The van der Waals surface area contributed by atoms with E-state index in [9.17, 15) is 13.2 Å². The van der Waals surface area contributed by atoms with Gasteiger partial charge in [0.15, 0.2) is 0 Å². The first kappa shape index (κ1) is 22.0. The maximum absolute atomic E-state index is 13.0. The first-order valence-electron chi connectivity index (χ1n) is 11.0. The van der Waals surface area contributed by atoms with Crippen LogP contribution in [0, 0.1) is 12.8 Å². The van der Waals surface area contributed by atoms with Crippen molar-refractivity contribution in [2.24, 2.45) is 5.92 Å². The smallest absolute Gasteiger partial charge is 0.255 e. The molecule has 9 heteroatoms. The van der Waals surface area contributed by atoms with E-state index in [1.165, 1.54) is 10.6 Å².